The number of methoxy groups -OCH3 is 1. The molecule has 0 heterocycles. The van der Waals surface area contributed by atoms with E-state index in [1.807, 2.05) is 19.0 Å². The van der Waals surface area contributed by atoms with Crippen molar-refractivity contribution in [2.45, 2.75) is 4.90 Å². The van der Waals surface area contributed by atoms with E-state index in [9.17, 15) is 13.2 Å². The number of benzene rings is 2. The van der Waals surface area contributed by atoms with Gasteiger partial charge >= 0.3 is 0 Å². The van der Waals surface area contributed by atoms with Crippen LogP contribution in [0.2, 0.25) is 0 Å². The van der Waals surface area contributed by atoms with Gasteiger partial charge in [-0.25, -0.2) is 8.42 Å². The molecule has 2 rings (SSSR count). The van der Waals surface area contributed by atoms with Crippen LogP contribution in [0.3, 0.4) is 0 Å². The number of hydrogen-bond acceptors (Lipinski definition) is 5. The molecule has 2 aromatic rings. The largest absolute Gasteiger partial charge is 0.497 e. The standard InChI is InChI=1S/C18H23N3O4S/c1-21(2)12-11-19-18(22)14-7-9-17(10-8-14)26(23,24)20-15-5-4-6-16(13-15)25-3/h4-10,13,20H,11-12H2,1-3H3,(H,19,22). The number of ether oxygens (including phenoxy) is 1. The average molecular weight is 377 g/mol. The Kier molecular flexibility index (Phi) is 6.59. The predicted octanol–water partition coefficient (Wildman–Crippen LogP) is 1.79. The van der Waals surface area contributed by atoms with E-state index in [2.05, 4.69) is 10.0 Å². The van der Waals surface area contributed by atoms with Gasteiger partial charge in [0.2, 0.25) is 0 Å². The Morgan fingerprint density at radius 3 is 2.42 bits per heavy atom. The third-order valence-electron chi connectivity index (χ3n) is 3.59. The first-order chi connectivity index (χ1) is 12.3. The maximum Gasteiger partial charge on any atom is 0.261 e. The lowest BCUT2D eigenvalue weighted by Gasteiger charge is -2.11. The molecule has 0 saturated heterocycles. The molecule has 1 amide bonds. The van der Waals surface area contributed by atoms with E-state index >= 15 is 0 Å². The molecule has 0 aliphatic rings. The van der Waals surface area contributed by atoms with Crippen molar-refractivity contribution in [2.75, 3.05) is 39.0 Å². The van der Waals surface area contributed by atoms with Crippen LogP contribution in [0, 0.1) is 0 Å². The minimum Gasteiger partial charge on any atom is -0.497 e. The minimum absolute atomic E-state index is 0.0742. The van der Waals surface area contributed by atoms with E-state index in [0.29, 0.717) is 23.5 Å². The zero-order chi connectivity index (χ0) is 19.2. The summed E-state index contributed by atoms with van der Waals surface area (Å²) in [5.74, 6) is 0.312. The summed E-state index contributed by atoms with van der Waals surface area (Å²) >= 11 is 0. The Balaban J connectivity index is 2.07. The van der Waals surface area contributed by atoms with Gasteiger partial charge in [0.1, 0.15) is 5.75 Å². The SMILES string of the molecule is COc1cccc(NS(=O)(=O)c2ccc(C(=O)NCCN(C)C)cc2)c1. The van der Waals surface area contributed by atoms with Gasteiger partial charge in [-0.05, 0) is 50.5 Å². The molecule has 0 bridgehead atoms. The molecule has 0 radical (unpaired) electrons. The zero-order valence-corrected chi connectivity index (χ0v) is 15.8. The number of carbonyl (C=O) groups is 1. The van der Waals surface area contributed by atoms with Crippen molar-refractivity contribution >= 4 is 21.6 Å². The summed E-state index contributed by atoms with van der Waals surface area (Å²) in [5, 5.41) is 2.78. The average Bonchev–Trinajstić information content (AvgIpc) is 2.61. The number of amides is 1. The van der Waals surface area contributed by atoms with Crippen molar-refractivity contribution in [3.63, 3.8) is 0 Å². The lowest BCUT2D eigenvalue weighted by atomic mass is 10.2. The van der Waals surface area contributed by atoms with Crippen LogP contribution in [0.25, 0.3) is 0 Å². The van der Waals surface area contributed by atoms with E-state index in [4.69, 9.17) is 4.74 Å². The molecular weight excluding hydrogens is 354 g/mol. The molecule has 0 unspecified atom stereocenters. The van der Waals surface area contributed by atoms with E-state index < -0.39 is 10.0 Å². The lowest BCUT2D eigenvalue weighted by Crippen LogP contribution is -2.31. The molecule has 0 aliphatic carbocycles. The molecule has 2 aromatic carbocycles. The molecule has 7 nitrogen and oxygen atoms in total. The Labute approximate surface area is 154 Å². The first kappa shape index (κ1) is 19.7. The number of likely N-dealkylation sites (N-methyl/N-ethyl adjacent to an activating group) is 1. The second-order valence-corrected chi connectivity index (χ2v) is 7.60. The summed E-state index contributed by atoms with van der Waals surface area (Å²) < 4.78 is 32.5. The molecule has 0 fully saturated rings. The van der Waals surface area contributed by atoms with Crippen molar-refractivity contribution < 1.29 is 17.9 Å². The summed E-state index contributed by atoms with van der Waals surface area (Å²) in [7, 11) is 1.59. The number of hydrogen-bond donors (Lipinski definition) is 2. The van der Waals surface area contributed by atoms with Gasteiger partial charge in [-0.3, -0.25) is 9.52 Å². The second-order valence-electron chi connectivity index (χ2n) is 5.92. The Bertz CT molecular complexity index is 849. The lowest BCUT2D eigenvalue weighted by molar-refractivity contribution is 0.0951. The minimum atomic E-state index is -3.75. The van der Waals surface area contributed by atoms with Gasteiger partial charge < -0.3 is 15.0 Å². The van der Waals surface area contributed by atoms with E-state index in [1.54, 1.807) is 24.3 Å². The van der Waals surface area contributed by atoms with Crippen molar-refractivity contribution in [2.24, 2.45) is 0 Å². The van der Waals surface area contributed by atoms with Crippen LogP contribution >= 0.6 is 0 Å². The second kappa shape index (κ2) is 8.68. The molecule has 0 aromatic heterocycles. The van der Waals surface area contributed by atoms with Crippen molar-refractivity contribution in [1.29, 1.82) is 0 Å². The molecule has 0 saturated carbocycles. The fourth-order valence-corrected chi connectivity index (χ4v) is 3.23. The normalized spacial score (nSPS) is 11.2. The number of nitrogens with zero attached hydrogens (tertiary/aromatic N) is 1. The van der Waals surface area contributed by atoms with Gasteiger partial charge in [0, 0.05) is 24.7 Å². The van der Waals surface area contributed by atoms with Crippen LogP contribution in [0.4, 0.5) is 5.69 Å². The molecule has 26 heavy (non-hydrogen) atoms. The Morgan fingerprint density at radius 1 is 1.12 bits per heavy atom. The summed E-state index contributed by atoms with van der Waals surface area (Å²) in [5.41, 5.74) is 0.805. The van der Waals surface area contributed by atoms with Gasteiger partial charge in [0.15, 0.2) is 0 Å². The monoisotopic (exact) mass is 377 g/mol. The molecule has 8 heteroatoms. The highest BCUT2D eigenvalue weighted by Crippen LogP contribution is 2.20. The summed E-state index contributed by atoms with van der Waals surface area (Å²) in [6.07, 6.45) is 0. The highest BCUT2D eigenvalue weighted by atomic mass is 32.2. The first-order valence-electron chi connectivity index (χ1n) is 8.02. The molecule has 0 aliphatic heterocycles. The summed E-state index contributed by atoms with van der Waals surface area (Å²) in [6, 6.07) is 12.4. The summed E-state index contributed by atoms with van der Waals surface area (Å²) in [6.45, 7) is 1.24. The van der Waals surface area contributed by atoms with E-state index in [-0.39, 0.29) is 10.8 Å². The van der Waals surface area contributed by atoms with Crippen LogP contribution in [0.5, 0.6) is 5.75 Å². The fourth-order valence-electron chi connectivity index (χ4n) is 2.18. The summed E-state index contributed by atoms with van der Waals surface area (Å²) in [4.78, 5) is 14.1. The van der Waals surface area contributed by atoms with Gasteiger partial charge in [0.25, 0.3) is 15.9 Å². The maximum absolute atomic E-state index is 12.5. The molecule has 0 spiro atoms. The van der Waals surface area contributed by atoms with Gasteiger partial charge in [-0.15, -0.1) is 0 Å². The number of nitrogens with one attached hydrogen (secondary N) is 2. The first-order valence-corrected chi connectivity index (χ1v) is 9.50. The highest BCUT2D eigenvalue weighted by molar-refractivity contribution is 7.92. The van der Waals surface area contributed by atoms with Crippen LogP contribution in [-0.4, -0.2) is 53.5 Å². The zero-order valence-electron chi connectivity index (χ0n) is 15.0. The van der Waals surface area contributed by atoms with Crippen LogP contribution in [0.1, 0.15) is 10.4 Å². The van der Waals surface area contributed by atoms with Gasteiger partial charge in [-0.2, -0.15) is 0 Å². The van der Waals surface area contributed by atoms with Crippen LogP contribution in [0.15, 0.2) is 53.4 Å². The molecular formula is C18H23N3O4S. The van der Waals surface area contributed by atoms with Crippen molar-refractivity contribution in [3.8, 4) is 5.75 Å². The molecule has 0 atom stereocenters. The highest BCUT2D eigenvalue weighted by Gasteiger charge is 2.15. The third-order valence-corrected chi connectivity index (χ3v) is 4.99. The van der Waals surface area contributed by atoms with Crippen LogP contribution in [-0.2, 0) is 10.0 Å². The van der Waals surface area contributed by atoms with Gasteiger partial charge in [0.05, 0.1) is 17.7 Å². The number of anilines is 1. The van der Waals surface area contributed by atoms with E-state index in [0.717, 1.165) is 6.54 Å². The number of sulfonamides is 1. The van der Waals surface area contributed by atoms with Crippen LogP contribution < -0.4 is 14.8 Å². The van der Waals surface area contributed by atoms with Gasteiger partial charge in [-0.1, -0.05) is 6.07 Å². The topological polar surface area (TPSA) is 87.7 Å². The van der Waals surface area contributed by atoms with Crippen molar-refractivity contribution in [1.82, 2.24) is 10.2 Å². The predicted molar refractivity (Wildman–Crippen MR) is 101 cm³/mol. The fraction of sp³-hybridized carbons (Fsp3) is 0.278. The molecule has 2 N–H and O–H groups in total. The van der Waals surface area contributed by atoms with Crippen molar-refractivity contribution in [3.05, 3.63) is 54.1 Å². The van der Waals surface area contributed by atoms with E-state index in [1.165, 1.54) is 31.4 Å². The maximum atomic E-state index is 12.5. The third kappa shape index (κ3) is 5.47. The Hall–Kier alpha value is -2.58. The number of carbonyl (C=O) groups excluding carboxylic acids is 1. The molecule has 140 valence electrons. The Morgan fingerprint density at radius 2 is 1.81 bits per heavy atom. The number of rotatable bonds is 8. The smallest absolute Gasteiger partial charge is 0.261 e. The quantitative estimate of drug-likeness (QED) is 0.732.